The van der Waals surface area contributed by atoms with Gasteiger partial charge in [-0.1, -0.05) is 6.42 Å². The molecule has 2 aliphatic rings. The summed E-state index contributed by atoms with van der Waals surface area (Å²) >= 11 is 0. The van der Waals surface area contributed by atoms with E-state index >= 15 is 0 Å². The molecule has 2 saturated carbocycles. The van der Waals surface area contributed by atoms with Crippen LogP contribution in [-0.2, 0) is 4.79 Å². The molecule has 0 heterocycles. The summed E-state index contributed by atoms with van der Waals surface area (Å²) in [6, 6.07) is 0.523. The van der Waals surface area contributed by atoms with Crippen molar-refractivity contribution in [1.29, 1.82) is 0 Å². The third-order valence-corrected chi connectivity index (χ3v) is 5.22. The van der Waals surface area contributed by atoms with E-state index in [9.17, 15) is 9.90 Å². The van der Waals surface area contributed by atoms with Crippen molar-refractivity contribution in [1.82, 2.24) is 4.90 Å². The number of carbonyl (C=O) groups excluding carboxylic acids is 1. The fourth-order valence-electron chi connectivity index (χ4n) is 4.07. The molecule has 0 saturated heterocycles. The van der Waals surface area contributed by atoms with E-state index in [1.807, 2.05) is 0 Å². The van der Waals surface area contributed by atoms with Crippen molar-refractivity contribution < 1.29 is 9.90 Å². The van der Waals surface area contributed by atoms with Crippen LogP contribution < -0.4 is 0 Å². The molecule has 0 aromatic heterocycles. The maximum Gasteiger partial charge on any atom is 0.229 e. The SMILES string of the molecule is CC(C)N(C(=O)C1(C2CCC2)CC(CO)C1)C(C)C. The average Bonchev–Trinajstić information content (AvgIpc) is 2.18. The molecule has 0 bridgehead atoms. The van der Waals surface area contributed by atoms with Gasteiger partial charge in [-0.15, -0.1) is 0 Å². The van der Waals surface area contributed by atoms with E-state index in [1.165, 1.54) is 19.3 Å². The van der Waals surface area contributed by atoms with Crippen LogP contribution >= 0.6 is 0 Å². The maximum atomic E-state index is 13.1. The Hall–Kier alpha value is -0.570. The highest BCUT2D eigenvalue weighted by atomic mass is 16.3. The number of carbonyl (C=O) groups is 1. The van der Waals surface area contributed by atoms with Gasteiger partial charge in [0.15, 0.2) is 0 Å². The summed E-state index contributed by atoms with van der Waals surface area (Å²) < 4.78 is 0. The Morgan fingerprint density at radius 2 is 1.74 bits per heavy atom. The highest BCUT2D eigenvalue weighted by Crippen LogP contribution is 2.58. The molecule has 19 heavy (non-hydrogen) atoms. The Balaban J connectivity index is 2.16. The molecule has 0 aromatic rings. The van der Waals surface area contributed by atoms with E-state index in [0.29, 0.717) is 17.7 Å². The molecule has 3 heteroatoms. The lowest BCUT2D eigenvalue weighted by Gasteiger charge is -2.56. The van der Waals surface area contributed by atoms with Gasteiger partial charge in [0.2, 0.25) is 5.91 Å². The second kappa shape index (κ2) is 5.43. The van der Waals surface area contributed by atoms with E-state index in [-0.39, 0.29) is 24.1 Å². The summed E-state index contributed by atoms with van der Waals surface area (Å²) in [7, 11) is 0. The molecule has 1 amide bonds. The normalized spacial score (nSPS) is 31.2. The summed E-state index contributed by atoms with van der Waals surface area (Å²) in [4.78, 5) is 15.1. The van der Waals surface area contributed by atoms with Gasteiger partial charge in [0.25, 0.3) is 0 Å². The summed E-state index contributed by atoms with van der Waals surface area (Å²) in [6.45, 7) is 8.66. The summed E-state index contributed by atoms with van der Waals surface area (Å²) in [5, 5.41) is 9.30. The van der Waals surface area contributed by atoms with E-state index in [4.69, 9.17) is 0 Å². The minimum atomic E-state index is -0.139. The third-order valence-electron chi connectivity index (χ3n) is 5.22. The van der Waals surface area contributed by atoms with Gasteiger partial charge in [-0.05, 0) is 65.2 Å². The van der Waals surface area contributed by atoms with Crippen LogP contribution in [0.5, 0.6) is 0 Å². The van der Waals surface area contributed by atoms with Crippen molar-refractivity contribution in [2.45, 2.75) is 71.9 Å². The largest absolute Gasteiger partial charge is 0.396 e. The Labute approximate surface area is 117 Å². The standard InChI is InChI=1S/C16H29NO2/c1-11(2)17(12(3)4)15(19)16(14-6-5-7-14)8-13(9-16)10-18/h11-14,18H,5-10H2,1-4H3. The zero-order valence-electron chi connectivity index (χ0n) is 12.9. The van der Waals surface area contributed by atoms with Gasteiger partial charge in [0.05, 0.1) is 5.41 Å². The lowest BCUT2D eigenvalue weighted by atomic mass is 9.50. The molecule has 110 valence electrons. The average molecular weight is 267 g/mol. The summed E-state index contributed by atoms with van der Waals surface area (Å²) in [5.41, 5.74) is -0.139. The zero-order chi connectivity index (χ0) is 14.2. The molecule has 0 atom stereocenters. The minimum Gasteiger partial charge on any atom is -0.396 e. The molecule has 0 aliphatic heterocycles. The first-order valence-electron chi connectivity index (χ1n) is 7.86. The fourth-order valence-corrected chi connectivity index (χ4v) is 4.07. The highest BCUT2D eigenvalue weighted by molar-refractivity contribution is 5.85. The molecule has 3 nitrogen and oxygen atoms in total. The van der Waals surface area contributed by atoms with E-state index in [0.717, 1.165) is 12.8 Å². The number of amides is 1. The van der Waals surface area contributed by atoms with E-state index in [2.05, 4.69) is 32.6 Å². The molecule has 2 fully saturated rings. The Bertz CT molecular complexity index is 320. The number of aliphatic hydroxyl groups excluding tert-OH is 1. The van der Waals surface area contributed by atoms with Crippen LogP contribution in [-0.4, -0.2) is 34.6 Å². The first-order chi connectivity index (χ1) is 8.92. The van der Waals surface area contributed by atoms with E-state index < -0.39 is 0 Å². The van der Waals surface area contributed by atoms with Crippen LogP contribution in [0.15, 0.2) is 0 Å². The molecular weight excluding hydrogens is 238 g/mol. The number of nitrogens with zero attached hydrogens (tertiary/aromatic N) is 1. The Morgan fingerprint density at radius 3 is 2.05 bits per heavy atom. The molecule has 0 radical (unpaired) electrons. The highest BCUT2D eigenvalue weighted by Gasteiger charge is 2.57. The van der Waals surface area contributed by atoms with Crippen molar-refractivity contribution in [3.05, 3.63) is 0 Å². The zero-order valence-corrected chi connectivity index (χ0v) is 12.9. The van der Waals surface area contributed by atoms with Crippen molar-refractivity contribution in [2.75, 3.05) is 6.61 Å². The van der Waals surface area contributed by atoms with Crippen LogP contribution in [0.3, 0.4) is 0 Å². The molecule has 0 unspecified atom stereocenters. The van der Waals surface area contributed by atoms with Crippen LogP contribution in [0.25, 0.3) is 0 Å². The van der Waals surface area contributed by atoms with Crippen LogP contribution in [0.4, 0.5) is 0 Å². The van der Waals surface area contributed by atoms with Crippen LogP contribution in [0.1, 0.15) is 59.8 Å². The summed E-state index contributed by atoms with van der Waals surface area (Å²) in [5.74, 6) is 1.28. The number of aliphatic hydroxyl groups is 1. The molecule has 2 aliphatic carbocycles. The van der Waals surface area contributed by atoms with E-state index in [1.54, 1.807) is 0 Å². The van der Waals surface area contributed by atoms with Crippen molar-refractivity contribution in [3.63, 3.8) is 0 Å². The number of rotatable bonds is 5. The lowest BCUT2D eigenvalue weighted by Crippen LogP contribution is -2.59. The molecule has 0 spiro atoms. The van der Waals surface area contributed by atoms with Crippen molar-refractivity contribution in [2.24, 2.45) is 17.3 Å². The van der Waals surface area contributed by atoms with Crippen LogP contribution in [0, 0.1) is 17.3 Å². The van der Waals surface area contributed by atoms with Gasteiger partial charge in [-0.3, -0.25) is 4.79 Å². The quantitative estimate of drug-likeness (QED) is 0.832. The Morgan fingerprint density at radius 1 is 1.21 bits per heavy atom. The third kappa shape index (κ3) is 2.42. The molecular formula is C16H29NO2. The minimum absolute atomic E-state index is 0.139. The molecule has 2 rings (SSSR count). The fraction of sp³-hybridized carbons (Fsp3) is 0.938. The van der Waals surface area contributed by atoms with Gasteiger partial charge in [-0.25, -0.2) is 0 Å². The predicted octanol–water partition coefficient (Wildman–Crippen LogP) is 2.82. The first kappa shape index (κ1) is 14.8. The smallest absolute Gasteiger partial charge is 0.229 e. The second-order valence-electron chi connectivity index (χ2n) is 7.14. The number of hydrogen-bond acceptors (Lipinski definition) is 2. The van der Waals surface area contributed by atoms with Gasteiger partial charge < -0.3 is 10.0 Å². The molecule has 0 aromatic carbocycles. The Kier molecular flexibility index (Phi) is 4.24. The maximum absolute atomic E-state index is 13.1. The van der Waals surface area contributed by atoms with Gasteiger partial charge in [-0.2, -0.15) is 0 Å². The predicted molar refractivity (Wildman–Crippen MR) is 76.7 cm³/mol. The van der Waals surface area contributed by atoms with Gasteiger partial charge in [0.1, 0.15) is 0 Å². The van der Waals surface area contributed by atoms with Gasteiger partial charge in [0, 0.05) is 18.7 Å². The van der Waals surface area contributed by atoms with Gasteiger partial charge >= 0.3 is 0 Å². The van der Waals surface area contributed by atoms with Crippen molar-refractivity contribution in [3.8, 4) is 0 Å². The second-order valence-corrected chi connectivity index (χ2v) is 7.14. The monoisotopic (exact) mass is 267 g/mol. The summed E-state index contributed by atoms with van der Waals surface area (Å²) in [6.07, 6.45) is 5.49. The van der Waals surface area contributed by atoms with Crippen molar-refractivity contribution >= 4 is 5.91 Å². The first-order valence-corrected chi connectivity index (χ1v) is 7.86. The topological polar surface area (TPSA) is 40.5 Å². The number of hydrogen-bond donors (Lipinski definition) is 1. The molecule has 1 N–H and O–H groups in total. The van der Waals surface area contributed by atoms with Crippen LogP contribution in [0.2, 0.25) is 0 Å². The lowest BCUT2D eigenvalue weighted by molar-refractivity contribution is -0.167.